The lowest BCUT2D eigenvalue weighted by atomic mass is 9.74. The van der Waals surface area contributed by atoms with Crippen LogP contribution in [0.1, 0.15) is 44.2 Å². The van der Waals surface area contributed by atoms with Gasteiger partial charge in [0.1, 0.15) is 11.5 Å². The molecule has 0 saturated heterocycles. The predicted octanol–water partition coefficient (Wildman–Crippen LogP) is 5.87. The number of benzene rings is 2. The van der Waals surface area contributed by atoms with Gasteiger partial charge in [-0.1, -0.05) is 50.3 Å². The Morgan fingerprint density at radius 2 is 1.62 bits per heavy atom. The van der Waals surface area contributed by atoms with Crippen molar-refractivity contribution in [2.24, 2.45) is 0 Å². The van der Waals surface area contributed by atoms with Gasteiger partial charge in [-0.15, -0.1) is 11.6 Å². The van der Waals surface area contributed by atoms with Crippen LogP contribution in [0.25, 0.3) is 5.57 Å². The van der Waals surface area contributed by atoms with Crippen molar-refractivity contribution in [3.63, 3.8) is 0 Å². The lowest BCUT2D eigenvalue weighted by molar-refractivity contribution is 0.447. The average Bonchev–Trinajstić information content (AvgIpc) is 2.54. The van der Waals surface area contributed by atoms with Gasteiger partial charge in [0.25, 0.3) is 0 Å². The summed E-state index contributed by atoms with van der Waals surface area (Å²) in [6.07, 6.45) is 5.24. The quantitative estimate of drug-likeness (QED) is 0.487. The van der Waals surface area contributed by atoms with Gasteiger partial charge in [-0.05, 0) is 48.1 Å². The van der Waals surface area contributed by atoms with Crippen LogP contribution in [-0.4, -0.2) is 16.1 Å². The van der Waals surface area contributed by atoms with Crippen LogP contribution in [-0.2, 0) is 5.41 Å². The van der Waals surface area contributed by atoms with Gasteiger partial charge in [0, 0.05) is 17.4 Å². The Morgan fingerprint density at radius 1 is 1.00 bits per heavy atom. The highest BCUT2D eigenvalue weighted by Gasteiger charge is 2.27. The van der Waals surface area contributed by atoms with Crippen LogP contribution in [0.15, 0.2) is 54.6 Å². The zero-order valence-electron chi connectivity index (χ0n) is 14.3. The highest BCUT2D eigenvalue weighted by Crippen LogP contribution is 2.40. The molecule has 128 valence electrons. The van der Waals surface area contributed by atoms with Crippen LogP contribution in [0.4, 0.5) is 0 Å². The van der Waals surface area contributed by atoms with Crippen molar-refractivity contribution in [2.45, 2.75) is 38.5 Å². The van der Waals surface area contributed by atoms with E-state index in [1.807, 2.05) is 18.2 Å². The third-order valence-electron chi connectivity index (χ3n) is 4.32. The first kappa shape index (κ1) is 18.4. The number of allylic oxidation sites excluding steroid dienone is 2. The van der Waals surface area contributed by atoms with E-state index >= 15 is 0 Å². The molecule has 2 aromatic rings. The fourth-order valence-electron chi connectivity index (χ4n) is 2.95. The van der Waals surface area contributed by atoms with Crippen molar-refractivity contribution >= 4 is 17.2 Å². The molecule has 24 heavy (non-hydrogen) atoms. The predicted molar refractivity (Wildman–Crippen MR) is 102 cm³/mol. The molecule has 0 aliphatic carbocycles. The van der Waals surface area contributed by atoms with E-state index in [0.29, 0.717) is 5.88 Å². The Bertz CT molecular complexity index is 670. The molecule has 0 unspecified atom stereocenters. The Hall–Kier alpha value is -1.93. The van der Waals surface area contributed by atoms with Gasteiger partial charge in [0.05, 0.1) is 0 Å². The molecule has 0 saturated carbocycles. The summed E-state index contributed by atoms with van der Waals surface area (Å²) in [5.41, 5.74) is 2.87. The topological polar surface area (TPSA) is 40.5 Å². The maximum Gasteiger partial charge on any atom is 0.119 e. The maximum atomic E-state index is 9.86. The first-order chi connectivity index (χ1) is 11.4. The third-order valence-corrected chi connectivity index (χ3v) is 4.59. The van der Waals surface area contributed by atoms with Crippen LogP contribution in [0.5, 0.6) is 11.5 Å². The second kappa shape index (κ2) is 8.25. The molecular formula is C21H25ClO2. The molecule has 2 N–H and O–H groups in total. The van der Waals surface area contributed by atoms with E-state index in [-0.39, 0.29) is 16.9 Å². The minimum absolute atomic E-state index is 0.0765. The van der Waals surface area contributed by atoms with E-state index in [2.05, 4.69) is 32.1 Å². The zero-order valence-corrected chi connectivity index (χ0v) is 15.1. The number of halogens is 1. The van der Waals surface area contributed by atoms with Crippen LogP contribution in [0.3, 0.4) is 0 Å². The van der Waals surface area contributed by atoms with Crippen molar-refractivity contribution in [3.8, 4) is 11.5 Å². The molecule has 0 radical (unpaired) electrons. The standard InChI is InChI=1S/C21H25ClO2/c1-21(2,17-13-18(23)15-19(24)14-17)20(11-7-4-8-12-22)16-9-5-3-6-10-16/h3,5-6,9-11,13-15,23-24H,4,7-8,12H2,1-2H3/b20-11+. The summed E-state index contributed by atoms with van der Waals surface area (Å²) < 4.78 is 0. The lowest BCUT2D eigenvalue weighted by Gasteiger charge is -2.30. The van der Waals surface area contributed by atoms with Gasteiger partial charge in [0.15, 0.2) is 0 Å². The van der Waals surface area contributed by atoms with E-state index in [1.54, 1.807) is 12.1 Å². The normalized spacial score (nSPS) is 12.4. The zero-order chi connectivity index (χ0) is 17.6. The van der Waals surface area contributed by atoms with E-state index in [0.717, 1.165) is 30.4 Å². The summed E-state index contributed by atoms with van der Waals surface area (Å²) in [4.78, 5) is 0. The second-order valence-corrected chi connectivity index (χ2v) is 6.91. The van der Waals surface area contributed by atoms with E-state index in [9.17, 15) is 10.2 Å². The highest BCUT2D eigenvalue weighted by atomic mass is 35.5. The fourth-order valence-corrected chi connectivity index (χ4v) is 3.14. The summed E-state index contributed by atoms with van der Waals surface area (Å²) in [6, 6.07) is 15.0. The smallest absolute Gasteiger partial charge is 0.119 e. The number of phenols is 2. The van der Waals surface area contributed by atoms with Crippen LogP contribution in [0, 0.1) is 0 Å². The van der Waals surface area contributed by atoms with Gasteiger partial charge < -0.3 is 10.2 Å². The summed E-state index contributed by atoms with van der Waals surface area (Å²) in [5.74, 6) is 0.832. The molecule has 0 amide bonds. The van der Waals surface area contributed by atoms with Crippen molar-refractivity contribution in [2.75, 3.05) is 5.88 Å². The number of unbranched alkanes of at least 4 members (excludes halogenated alkanes) is 2. The molecule has 0 bridgehead atoms. The molecule has 0 heterocycles. The van der Waals surface area contributed by atoms with Gasteiger partial charge in [-0.3, -0.25) is 0 Å². The molecule has 0 atom stereocenters. The molecule has 0 aliphatic heterocycles. The Kier molecular flexibility index (Phi) is 6.33. The molecule has 2 nitrogen and oxygen atoms in total. The van der Waals surface area contributed by atoms with Gasteiger partial charge >= 0.3 is 0 Å². The van der Waals surface area contributed by atoms with Crippen molar-refractivity contribution in [1.82, 2.24) is 0 Å². The van der Waals surface area contributed by atoms with Crippen molar-refractivity contribution in [1.29, 1.82) is 0 Å². The van der Waals surface area contributed by atoms with E-state index in [1.165, 1.54) is 11.6 Å². The van der Waals surface area contributed by atoms with Gasteiger partial charge in [-0.25, -0.2) is 0 Å². The average molecular weight is 345 g/mol. The van der Waals surface area contributed by atoms with Crippen LogP contribution < -0.4 is 0 Å². The maximum absolute atomic E-state index is 9.86. The number of alkyl halides is 1. The summed E-state index contributed by atoms with van der Waals surface area (Å²) in [5, 5.41) is 19.7. The SMILES string of the molecule is CC(C)(/C(=C/CCCCCl)c1ccccc1)c1cc(O)cc(O)c1. The van der Waals surface area contributed by atoms with E-state index < -0.39 is 0 Å². The Morgan fingerprint density at radius 3 is 2.21 bits per heavy atom. The minimum atomic E-state index is -0.349. The minimum Gasteiger partial charge on any atom is -0.508 e. The van der Waals surface area contributed by atoms with Crippen molar-refractivity contribution < 1.29 is 10.2 Å². The monoisotopic (exact) mass is 344 g/mol. The number of aromatic hydroxyl groups is 2. The molecule has 0 fully saturated rings. The van der Waals surface area contributed by atoms with Crippen LogP contribution in [0.2, 0.25) is 0 Å². The summed E-state index contributed by atoms with van der Waals surface area (Å²) >= 11 is 5.78. The number of hydrogen-bond acceptors (Lipinski definition) is 2. The first-order valence-electron chi connectivity index (χ1n) is 8.30. The molecule has 0 aromatic heterocycles. The molecule has 3 heteroatoms. The molecule has 2 rings (SSSR count). The number of phenolic OH excluding ortho intramolecular Hbond substituents is 2. The summed E-state index contributed by atoms with van der Waals surface area (Å²) in [6.45, 7) is 4.23. The highest BCUT2D eigenvalue weighted by molar-refractivity contribution is 6.17. The summed E-state index contributed by atoms with van der Waals surface area (Å²) in [7, 11) is 0. The second-order valence-electron chi connectivity index (χ2n) is 6.53. The molecular weight excluding hydrogens is 320 g/mol. The van der Waals surface area contributed by atoms with Crippen molar-refractivity contribution in [3.05, 3.63) is 65.7 Å². The lowest BCUT2D eigenvalue weighted by Crippen LogP contribution is -2.19. The van der Waals surface area contributed by atoms with Crippen LogP contribution >= 0.6 is 11.6 Å². The number of hydrogen-bond donors (Lipinski definition) is 2. The molecule has 0 spiro atoms. The fraction of sp³-hybridized carbons (Fsp3) is 0.333. The van der Waals surface area contributed by atoms with E-state index in [4.69, 9.17) is 11.6 Å². The molecule has 0 aliphatic rings. The van der Waals surface area contributed by atoms with Gasteiger partial charge in [0.2, 0.25) is 0 Å². The molecule has 2 aromatic carbocycles. The Balaban J connectivity index is 2.44. The number of rotatable bonds is 7. The third kappa shape index (κ3) is 4.55. The first-order valence-corrected chi connectivity index (χ1v) is 8.84. The van der Waals surface area contributed by atoms with Gasteiger partial charge in [-0.2, -0.15) is 0 Å². The Labute approximate surface area is 149 Å². The largest absolute Gasteiger partial charge is 0.508 e.